The number of hydrogen-bond donors (Lipinski definition) is 3. The van der Waals surface area contributed by atoms with Crippen LogP contribution in [-0.4, -0.2) is 90.3 Å². The van der Waals surface area contributed by atoms with E-state index < -0.39 is 25.6 Å². The van der Waals surface area contributed by atoms with E-state index in [0.29, 0.717) is 58.3 Å². The number of epoxide rings is 1. The number of anilines is 2. The zero-order valence-electron chi connectivity index (χ0n) is 39.7. The second-order valence-electron chi connectivity index (χ2n) is 17.7. The van der Waals surface area contributed by atoms with Crippen LogP contribution in [0.4, 0.5) is 11.4 Å². The number of benzene rings is 4. The molecule has 24 heteroatoms. The number of ether oxygens (including phenoxy) is 5. The number of aliphatic hydroxyl groups is 1. The topological polar surface area (TPSA) is 252 Å². The molecule has 370 valence electrons. The summed E-state index contributed by atoms with van der Waals surface area (Å²) in [5, 5.41) is 9.62. The van der Waals surface area contributed by atoms with Crippen LogP contribution in [-0.2, 0) is 67.1 Å². The lowest BCUT2D eigenvalue weighted by Crippen LogP contribution is -2.27. The van der Waals surface area contributed by atoms with E-state index in [4.69, 9.17) is 23.7 Å². The quantitative estimate of drug-likeness (QED) is 0.111. The number of sulfonamides is 2. The zero-order chi connectivity index (χ0) is 50.5. The fourth-order valence-corrected chi connectivity index (χ4v) is 9.13. The van der Waals surface area contributed by atoms with E-state index in [9.17, 15) is 31.5 Å². The van der Waals surface area contributed by atoms with E-state index in [2.05, 4.69) is 19.4 Å². The van der Waals surface area contributed by atoms with Crippen LogP contribution in [0.5, 0.6) is 34.5 Å². The third-order valence-corrected chi connectivity index (χ3v) is 13.5. The molecule has 0 aliphatic carbocycles. The molecule has 4 aromatic carbocycles. The molecule has 1 atom stereocenters. The Bertz CT molecular complexity index is 3400. The molecular formula is C46H52N10O12S2. The molecule has 1 aliphatic rings. The first-order valence-corrected chi connectivity index (χ1v) is 24.4. The normalized spacial score (nSPS) is 14.8. The number of aryl methyl sites for hydroxylation is 6. The summed E-state index contributed by atoms with van der Waals surface area (Å²) in [7, 11) is 1.78. The number of fused-ring (bicyclic) bond motifs is 2. The van der Waals surface area contributed by atoms with Crippen molar-refractivity contribution in [3.8, 4) is 34.5 Å². The van der Waals surface area contributed by atoms with Gasteiger partial charge in [0, 0.05) is 78.9 Å². The molecule has 0 bridgehead atoms. The van der Waals surface area contributed by atoms with Gasteiger partial charge in [-0.2, -0.15) is 16.8 Å². The molecule has 1 unspecified atom stereocenters. The monoisotopic (exact) mass is 1000 g/mol. The molecule has 1 saturated heterocycles. The highest BCUT2D eigenvalue weighted by Gasteiger charge is 2.40. The average molecular weight is 1000 g/mol. The van der Waals surface area contributed by atoms with Crippen molar-refractivity contribution in [2.24, 2.45) is 42.3 Å². The van der Waals surface area contributed by atoms with Crippen LogP contribution in [0.3, 0.4) is 0 Å². The van der Waals surface area contributed by atoms with Gasteiger partial charge in [0.15, 0.2) is 21.6 Å². The predicted octanol–water partition coefficient (Wildman–Crippen LogP) is 4.72. The van der Waals surface area contributed by atoms with Crippen LogP contribution >= 0.6 is 0 Å². The fourth-order valence-electron chi connectivity index (χ4n) is 7.04. The summed E-state index contributed by atoms with van der Waals surface area (Å²) in [5.41, 5.74) is 0.695. The van der Waals surface area contributed by atoms with E-state index in [1.165, 1.54) is 52.5 Å². The van der Waals surface area contributed by atoms with E-state index in [0.717, 1.165) is 0 Å². The molecule has 0 radical (unpaired) electrons. The molecular weight excluding hydrogens is 949 g/mol. The Morgan fingerprint density at radius 1 is 0.643 bits per heavy atom. The molecule has 22 nitrogen and oxygen atoms in total. The van der Waals surface area contributed by atoms with Crippen LogP contribution in [0, 0.1) is 0 Å². The van der Waals surface area contributed by atoms with Crippen LogP contribution < -0.4 is 39.8 Å². The molecule has 5 heterocycles. The van der Waals surface area contributed by atoms with E-state index in [1.807, 2.05) is 6.92 Å². The lowest BCUT2D eigenvalue weighted by molar-refractivity contribution is 0.0284. The van der Waals surface area contributed by atoms with Gasteiger partial charge in [0.05, 0.1) is 58.3 Å². The molecule has 9 rings (SSSR count). The van der Waals surface area contributed by atoms with Gasteiger partial charge in [0.2, 0.25) is 0 Å². The Morgan fingerprint density at radius 3 is 1.40 bits per heavy atom. The maximum absolute atomic E-state index is 13.0. The van der Waals surface area contributed by atoms with Crippen molar-refractivity contribution < 1.29 is 45.6 Å². The number of imidazole rings is 4. The SMILES string of the molecule is Cn1cnc(S(=O)(=O)Nc2cc3c(cc2Oc2cccc(OCC(C)(C)O)c2)n(C)c(=O)n3C)c1.Cn1cnc(S(=O)(=O)Nc2cc3c(cc2Oc2cccc(OCC4(C)CO4)c2)n(C)c(=O)n3C)c1. The summed E-state index contributed by atoms with van der Waals surface area (Å²) in [4.78, 5) is 32.8. The Kier molecular flexibility index (Phi) is 12.9. The van der Waals surface area contributed by atoms with E-state index in [-0.39, 0.29) is 56.5 Å². The lowest BCUT2D eigenvalue weighted by atomic mass is 10.2. The van der Waals surface area contributed by atoms with Crippen molar-refractivity contribution in [2.45, 2.75) is 42.0 Å². The maximum atomic E-state index is 13.0. The Balaban J connectivity index is 0.000000188. The van der Waals surface area contributed by atoms with Crippen molar-refractivity contribution in [3.05, 3.63) is 119 Å². The van der Waals surface area contributed by atoms with Gasteiger partial charge >= 0.3 is 11.4 Å². The minimum atomic E-state index is -4.03. The molecule has 0 saturated carbocycles. The standard InChI is InChI=1S/C23H25N5O6S.C23H27N5O6S/c1-23(13-33-23)12-32-15-6-5-7-16(8-15)34-20-10-19-18(27(3)22(29)28(19)4)9-17(20)25-35(30,31)21-11-26(2)14-24-21;1-23(2,30)13-33-15-7-6-8-16(9-15)34-20-11-19-18(27(4)22(29)28(19)5)10-17(20)25-35(31,32)21-12-26(3)14-24-21/h5-11,14,25H,12-13H2,1-4H3;6-12,14,25,30H,13H2,1-5H3. The average Bonchev–Trinajstić information content (AvgIpc) is 3.52. The second kappa shape index (κ2) is 18.4. The first-order chi connectivity index (χ1) is 32.9. The van der Waals surface area contributed by atoms with Gasteiger partial charge in [-0.25, -0.2) is 19.6 Å². The molecule has 70 heavy (non-hydrogen) atoms. The Morgan fingerprint density at radius 2 is 1.03 bits per heavy atom. The Labute approximate surface area is 401 Å². The summed E-state index contributed by atoms with van der Waals surface area (Å²) < 4.78 is 94.9. The summed E-state index contributed by atoms with van der Waals surface area (Å²) in [6, 6.07) is 20.1. The third kappa shape index (κ3) is 10.7. The van der Waals surface area contributed by atoms with Gasteiger partial charge < -0.3 is 37.9 Å². The predicted molar refractivity (Wildman–Crippen MR) is 259 cm³/mol. The van der Waals surface area contributed by atoms with E-state index >= 15 is 0 Å². The lowest BCUT2D eigenvalue weighted by Gasteiger charge is -2.18. The van der Waals surface area contributed by atoms with Gasteiger partial charge in [-0.1, -0.05) is 12.1 Å². The van der Waals surface area contributed by atoms with Crippen LogP contribution in [0.1, 0.15) is 20.8 Å². The summed E-state index contributed by atoms with van der Waals surface area (Å²) in [6.45, 7) is 6.36. The number of aromatic nitrogens is 8. The van der Waals surface area contributed by atoms with Gasteiger partial charge in [-0.05, 0) is 57.2 Å². The minimum absolute atomic E-state index is 0.0731. The molecule has 8 aromatic rings. The van der Waals surface area contributed by atoms with Crippen LogP contribution in [0.25, 0.3) is 22.1 Å². The van der Waals surface area contributed by atoms with Gasteiger partial charge in [-0.15, -0.1) is 0 Å². The molecule has 1 aliphatic heterocycles. The van der Waals surface area contributed by atoms with Crippen LogP contribution in [0.2, 0.25) is 0 Å². The maximum Gasteiger partial charge on any atom is 0.328 e. The highest BCUT2D eigenvalue weighted by atomic mass is 32.2. The van der Waals surface area contributed by atoms with Crippen molar-refractivity contribution in [1.29, 1.82) is 0 Å². The first kappa shape index (κ1) is 48.9. The molecule has 3 N–H and O–H groups in total. The summed E-state index contributed by atoms with van der Waals surface area (Å²) >= 11 is 0. The van der Waals surface area contributed by atoms with Gasteiger partial charge in [-0.3, -0.25) is 27.7 Å². The first-order valence-electron chi connectivity index (χ1n) is 21.5. The van der Waals surface area contributed by atoms with Gasteiger partial charge in [0.1, 0.15) is 41.8 Å². The summed E-state index contributed by atoms with van der Waals surface area (Å²) in [6.07, 6.45) is 5.55. The van der Waals surface area contributed by atoms with Crippen molar-refractivity contribution in [3.63, 3.8) is 0 Å². The number of rotatable bonds is 16. The number of hydrogen-bond acceptors (Lipinski definition) is 14. The van der Waals surface area contributed by atoms with Crippen molar-refractivity contribution >= 4 is 53.5 Å². The molecule has 1 fully saturated rings. The largest absolute Gasteiger partial charge is 0.490 e. The molecule has 0 spiro atoms. The number of nitrogens with one attached hydrogen (secondary N) is 2. The van der Waals surface area contributed by atoms with Crippen LogP contribution in [0.15, 0.2) is 117 Å². The minimum Gasteiger partial charge on any atom is -0.490 e. The highest BCUT2D eigenvalue weighted by Crippen LogP contribution is 2.38. The molecule has 4 aromatic heterocycles. The van der Waals surface area contributed by atoms with Crippen molar-refractivity contribution in [1.82, 2.24) is 37.4 Å². The number of nitrogens with zero attached hydrogens (tertiary/aromatic N) is 8. The zero-order valence-corrected chi connectivity index (χ0v) is 41.3. The third-order valence-electron chi connectivity index (χ3n) is 11.0. The Hall–Kier alpha value is -7.54. The fraction of sp³-hybridized carbons (Fsp3) is 0.304. The van der Waals surface area contributed by atoms with E-state index in [1.54, 1.807) is 129 Å². The molecule has 0 amide bonds. The highest BCUT2D eigenvalue weighted by molar-refractivity contribution is 7.93. The van der Waals surface area contributed by atoms with Crippen molar-refractivity contribution in [2.75, 3.05) is 29.3 Å². The van der Waals surface area contributed by atoms with Gasteiger partial charge in [0.25, 0.3) is 20.0 Å². The second-order valence-corrected chi connectivity index (χ2v) is 21.0. The summed E-state index contributed by atoms with van der Waals surface area (Å²) in [5.74, 6) is 2.25. The smallest absolute Gasteiger partial charge is 0.328 e.